The average Bonchev–Trinajstić information content (AvgIpc) is 3.20. The maximum Gasteiger partial charge on any atom is 0.329 e. The van der Waals surface area contributed by atoms with Gasteiger partial charge in [-0.15, -0.1) is 0 Å². The first kappa shape index (κ1) is 16.8. The molecule has 0 radical (unpaired) electrons. The lowest BCUT2D eigenvalue weighted by atomic mass is 9.96. The van der Waals surface area contributed by atoms with Gasteiger partial charge < -0.3 is 15.7 Å². The van der Waals surface area contributed by atoms with Gasteiger partial charge in [-0.1, -0.05) is 33.1 Å². The van der Waals surface area contributed by atoms with Crippen molar-refractivity contribution < 1.29 is 14.7 Å². The van der Waals surface area contributed by atoms with Crippen molar-refractivity contribution in [1.29, 1.82) is 0 Å². The van der Waals surface area contributed by atoms with Crippen LogP contribution in [0.15, 0.2) is 0 Å². The minimum Gasteiger partial charge on any atom is -0.480 e. The van der Waals surface area contributed by atoms with Crippen molar-refractivity contribution in [1.82, 2.24) is 10.6 Å². The summed E-state index contributed by atoms with van der Waals surface area (Å²) in [4.78, 5) is 23.4. The number of carboxylic acid groups (broad SMARTS) is 1. The number of amides is 2. The van der Waals surface area contributed by atoms with Crippen LogP contribution in [0.1, 0.15) is 65.7 Å². The Hall–Kier alpha value is -1.26. The summed E-state index contributed by atoms with van der Waals surface area (Å²) in [6, 6.07) is -0.214. The van der Waals surface area contributed by atoms with E-state index in [9.17, 15) is 14.7 Å². The zero-order chi connectivity index (χ0) is 15.2. The lowest BCUT2D eigenvalue weighted by molar-refractivity contribution is -0.144. The fourth-order valence-electron chi connectivity index (χ4n) is 2.54. The Morgan fingerprint density at radius 2 is 1.90 bits per heavy atom. The van der Waals surface area contributed by atoms with Crippen molar-refractivity contribution in [3.05, 3.63) is 0 Å². The lowest BCUT2D eigenvalue weighted by Gasteiger charge is -2.28. The number of carbonyl (C=O) groups excluding carboxylic acids is 1. The molecule has 0 aromatic rings. The quantitative estimate of drug-likeness (QED) is 0.609. The molecule has 0 aromatic carbocycles. The van der Waals surface area contributed by atoms with E-state index in [0.29, 0.717) is 0 Å². The number of rotatable bonds is 9. The summed E-state index contributed by atoms with van der Waals surface area (Å²) in [6.45, 7) is 5.81. The molecule has 1 rings (SSSR count). The van der Waals surface area contributed by atoms with E-state index in [1.807, 2.05) is 0 Å². The lowest BCUT2D eigenvalue weighted by Crippen LogP contribution is -2.58. The Morgan fingerprint density at radius 1 is 1.25 bits per heavy atom. The number of aliphatic carboxylic acids is 1. The molecule has 0 bridgehead atoms. The zero-order valence-electron chi connectivity index (χ0n) is 12.9. The minimum absolute atomic E-state index is 0.0611. The van der Waals surface area contributed by atoms with Gasteiger partial charge in [-0.2, -0.15) is 0 Å². The van der Waals surface area contributed by atoms with Crippen LogP contribution in [0.25, 0.3) is 0 Å². The predicted molar refractivity (Wildman–Crippen MR) is 78.7 cm³/mol. The second kappa shape index (κ2) is 7.50. The highest BCUT2D eigenvalue weighted by atomic mass is 16.4. The number of nitrogens with one attached hydrogen (secondary N) is 2. The molecule has 116 valence electrons. The molecule has 0 aromatic heterocycles. The number of hydrogen-bond acceptors (Lipinski definition) is 2. The number of carbonyl (C=O) groups is 2. The summed E-state index contributed by atoms with van der Waals surface area (Å²) >= 11 is 0. The van der Waals surface area contributed by atoms with E-state index in [-0.39, 0.29) is 18.0 Å². The van der Waals surface area contributed by atoms with E-state index in [1.54, 1.807) is 6.92 Å². The van der Waals surface area contributed by atoms with Crippen LogP contribution in [-0.4, -0.2) is 28.7 Å². The van der Waals surface area contributed by atoms with E-state index in [2.05, 4.69) is 24.5 Å². The van der Waals surface area contributed by atoms with Crippen LogP contribution in [0.4, 0.5) is 4.79 Å². The van der Waals surface area contributed by atoms with Gasteiger partial charge in [-0.3, -0.25) is 0 Å². The summed E-state index contributed by atoms with van der Waals surface area (Å²) in [6.07, 6.45) is 6.80. The molecule has 0 heterocycles. The summed E-state index contributed by atoms with van der Waals surface area (Å²) < 4.78 is 0. The second-order valence-corrected chi connectivity index (χ2v) is 6.01. The van der Waals surface area contributed by atoms with E-state index >= 15 is 0 Å². The fourth-order valence-corrected chi connectivity index (χ4v) is 2.54. The number of carboxylic acids is 1. The van der Waals surface area contributed by atoms with Crippen LogP contribution in [-0.2, 0) is 4.79 Å². The van der Waals surface area contributed by atoms with Gasteiger partial charge in [0.1, 0.15) is 5.54 Å². The Labute approximate surface area is 121 Å². The maximum atomic E-state index is 12.1. The number of hydrogen-bond donors (Lipinski definition) is 3. The van der Waals surface area contributed by atoms with Crippen molar-refractivity contribution in [2.45, 2.75) is 77.3 Å². The SMILES string of the molecule is CCCCC(CCC)NC(=O)NC(C)(C(=O)O)C1CC1. The van der Waals surface area contributed by atoms with Crippen LogP contribution in [0.3, 0.4) is 0 Å². The third-order valence-corrected chi connectivity index (χ3v) is 4.09. The molecule has 1 aliphatic carbocycles. The Bertz CT molecular complexity index is 342. The highest BCUT2D eigenvalue weighted by molar-refractivity contribution is 5.86. The molecule has 1 fully saturated rings. The highest BCUT2D eigenvalue weighted by Gasteiger charge is 2.48. The van der Waals surface area contributed by atoms with Gasteiger partial charge in [0.2, 0.25) is 0 Å². The minimum atomic E-state index is -1.13. The second-order valence-electron chi connectivity index (χ2n) is 6.01. The average molecular weight is 284 g/mol. The van der Waals surface area contributed by atoms with Crippen molar-refractivity contribution in [2.24, 2.45) is 5.92 Å². The Morgan fingerprint density at radius 3 is 2.35 bits per heavy atom. The largest absolute Gasteiger partial charge is 0.480 e. The molecule has 20 heavy (non-hydrogen) atoms. The van der Waals surface area contributed by atoms with Gasteiger partial charge in [-0.05, 0) is 38.5 Å². The summed E-state index contributed by atoms with van der Waals surface area (Å²) in [5, 5.41) is 14.9. The molecule has 0 saturated heterocycles. The first-order chi connectivity index (χ1) is 9.43. The first-order valence-corrected chi connectivity index (χ1v) is 7.76. The fraction of sp³-hybridized carbons (Fsp3) is 0.867. The van der Waals surface area contributed by atoms with Gasteiger partial charge in [0.25, 0.3) is 0 Å². The van der Waals surface area contributed by atoms with Gasteiger partial charge in [-0.25, -0.2) is 9.59 Å². The zero-order valence-corrected chi connectivity index (χ0v) is 12.9. The summed E-state index contributed by atoms with van der Waals surface area (Å²) in [7, 11) is 0. The Kier molecular flexibility index (Phi) is 6.30. The molecule has 5 heteroatoms. The van der Waals surface area contributed by atoms with E-state index in [0.717, 1.165) is 44.9 Å². The van der Waals surface area contributed by atoms with E-state index in [4.69, 9.17) is 0 Å². The molecule has 0 spiro atoms. The standard InChI is InChI=1S/C15H28N2O3/c1-4-6-8-12(7-5-2)16-14(20)17-15(3,13(18)19)11-9-10-11/h11-12H,4-10H2,1-3H3,(H,18,19)(H2,16,17,20). The third kappa shape index (κ3) is 4.69. The van der Waals surface area contributed by atoms with Crippen molar-refractivity contribution >= 4 is 12.0 Å². The van der Waals surface area contributed by atoms with Gasteiger partial charge in [0, 0.05) is 6.04 Å². The predicted octanol–water partition coefficient (Wildman–Crippen LogP) is 2.90. The monoisotopic (exact) mass is 284 g/mol. The van der Waals surface area contributed by atoms with Crippen molar-refractivity contribution in [2.75, 3.05) is 0 Å². The van der Waals surface area contributed by atoms with Gasteiger partial charge >= 0.3 is 12.0 Å². The molecular weight excluding hydrogens is 256 g/mol. The van der Waals surface area contributed by atoms with Gasteiger partial charge in [0.15, 0.2) is 0 Å². The molecular formula is C15H28N2O3. The molecule has 5 nitrogen and oxygen atoms in total. The molecule has 1 saturated carbocycles. The van der Waals surface area contributed by atoms with E-state index < -0.39 is 11.5 Å². The van der Waals surface area contributed by atoms with Crippen LogP contribution in [0.5, 0.6) is 0 Å². The molecule has 2 amide bonds. The molecule has 3 N–H and O–H groups in total. The number of unbranched alkanes of at least 4 members (excludes halogenated alkanes) is 1. The van der Waals surface area contributed by atoms with Crippen LogP contribution in [0, 0.1) is 5.92 Å². The third-order valence-electron chi connectivity index (χ3n) is 4.09. The Balaban J connectivity index is 2.52. The van der Waals surface area contributed by atoms with Crippen molar-refractivity contribution in [3.8, 4) is 0 Å². The van der Waals surface area contributed by atoms with Crippen LogP contribution >= 0.6 is 0 Å². The van der Waals surface area contributed by atoms with E-state index in [1.165, 1.54) is 0 Å². The normalized spacial score (nSPS) is 18.9. The van der Waals surface area contributed by atoms with Crippen molar-refractivity contribution in [3.63, 3.8) is 0 Å². The number of urea groups is 1. The van der Waals surface area contributed by atoms with Crippen LogP contribution < -0.4 is 10.6 Å². The molecule has 1 aliphatic rings. The molecule has 2 atom stereocenters. The summed E-state index contributed by atoms with van der Waals surface area (Å²) in [5.41, 5.74) is -1.13. The van der Waals surface area contributed by atoms with Gasteiger partial charge in [0.05, 0.1) is 0 Å². The molecule has 2 unspecified atom stereocenters. The van der Waals surface area contributed by atoms with Crippen LogP contribution in [0.2, 0.25) is 0 Å². The summed E-state index contributed by atoms with van der Waals surface area (Å²) in [5.74, 6) is -0.887. The smallest absolute Gasteiger partial charge is 0.329 e. The topological polar surface area (TPSA) is 78.4 Å². The molecule has 0 aliphatic heterocycles. The highest BCUT2D eigenvalue weighted by Crippen LogP contribution is 2.39. The maximum absolute atomic E-state index is 12.1. The first-order valence-electron chi connectivity index (χ1n) is 7.76.